The Labute approximate surface area is 135 Å². The highest BCUT2D eigenvalue weighted by Gasteiger charge is 2.39. The first-order chi connectivity index (χ1) is 9.98. The van der Waals surface area contributed by atoms with Crippen molar-refractivity contribution >= 4 is 26.0 Å². The third kappa shape index (κ3) is 3.04. The van der Waals surface area contributed by atoms with Crippen LogP contribution in [0.25, 0.3) is 0 Å². The summed E-state index contributed by atoms with van der Waals surface area (Å²) in [6.45, 7) is 4.60. The van der Waals surface area contributed by atoms with E-state index in [-0.39, 0.29) is 6.04 Å². The lowest BCUT2D eigenvalue weighted by Gasteiger charge is -2.46. The second kappa shape index (κ2) is 5.99. The number of rotatable bonds is 2. The van der Waals surface area contributed by atoms with Gasteiger partial charge in [-0.1, -0.05) is 22.4 Å². The van der Waals surface area contributed by atoms with E-state index < -0.39 is 10.0 Å². The maximum Gasteiger partial charge on any atom is 0.243 e. The Bertz CT molecular complexity index is 603. The number of nitrogens with zero attached hydrogens (tertiary/aromatic N) is 2. The lowest BCUT2D eigenvalue weighted by molar-refractivity contribution is 0.0564. The van der Waals surface area contributed by atoms with Crippen LogP contribution in [0.5, 0.6) is 0 Å². The number of halogens is 1. The van der Waals surface area contributed by atoms with Gasteiger partial charge in [-0.3, -0.25) is 4.90 Å². The topological polar surface area (TPSA) is 40.6 Å². The molecule has 0 aliphatic carbocycles. The maximum absolute atomic E-state index is 12.9. The summed E-state index contributed by atoms with van der Waals surface area (Å²) in [7, 11) is -3.39. The van der Waals surface area contributed by atoms with Crippen molar-refractivity contribution in [3.8, 4) is 0 Å². The molecule has 4 nitrogen and oxygen atoms in total. The molecule has 116 valence electrons. The summed E-state index contributed by atoms with van der Waals surface area (Å²) >= 11 is 3.35. The lowest BCUT2D eigenvalue weighted by atomic mass is 9.99. The van der Waals surface area contributed by atoms with Crippen molar-refractivity contribution in [2.45, 2.75) is 43.2 Å². The molecule has 2 aliphatic heterocycles. The molecule has 2 heterocycles. The van der Waals surface area contributed by atoms with Crippen LogP contribution in [-0.4, -0.2) is 49.3 Å². The molecule has 0 amide bonds. The molecule has 0 N–H and O–H groups in total. The van der Waals surface area contributed by atoms with Crippen LogP contribution in [0.1, 0.15) is 26.2 Å². The second-order valence-electron chi connectivity index (χ2n) is 6.02. The first-order valence-corrected chi connectivity index (χ1v) is 9.73. The van der Waals surface area contributed by atoms with Crippen molar-refractivity contribution in [3.05, 3.63) is 28.7 Å². The van der Waals surface area contributed by atoms with Gasteiger partial charge in [0.25, 0.3) is 0 Å². The van der Waals surface area contributed by atoms with Crippen molar-refractivity contribution in [2.24, 2.45) is 0 Å². The highest BCUT2D eigenvalue weighted by atomic mass is 79.9. The van der Waals surface area contributed by atoms with Gasteiger partial charge >= 0.3 is 0 Å². The van der Waals surface area contributed by atoms with Gasteiger partial charge in [0.1, 0.15) is 0 Å². The Kier molecular flexibility index (Phi) is 4.41. The summed E-state index contributed by atoms with van der Waals surface area (Å²) < 4.78 is 28.3. The zero-order valence-electron chi connectivity index (χ0n) is 12.2. The van der Waals surface area contributed by atoms with Crippen LogP contribution in [0.4, 0.5) is 0 Å². The minimum atomic E-state index is -3.39. The predicted octanol–water partition coefficient (Wildman–Crippen LogP) is 2.70. The van der Waals surface area contributed by atoms with Crippen LogP contribution >= 0.6 is 15.9 Å². The smallest absolute Gasteiger partial charge is 0.243 e. The number of piperidine rings is 1. The molecule has 2 atom stereocenters. The van der Waals surface area contributed by atoms with Gasteiger partial charge in [-0.15, -0.1) is 0 Å². The van der Waals surface area contributed by atoms with E-state index in [1.807, 2.05) is 6.92 Å². The van der Waals surface area contributed by atoms with Gasteiger partial charge in [-0.2, -0.15) is 4.31 Å². The Hall–Kier alpha value is -0.430. The van der Waals surface area contributed by atoms with Gasteiger partial charge in [0.05, 0.1) is 4.90 Å². The van der Waals surface area contributed by atoms with Crippen LogP contribution < -0.4 is 0 Å². The Morgan fingerprint density at radius 1 is 1.14 bits per heavy atom. The Morgan fingerprint density at radius 3 is 2.57 bits per heavy atom. The molecule has 1 aromatic rings. The number of piperazine rings is 1. The summed E-state index contributed by atoms with van der Waals surface area (Å²) in [6.07, 6.45) is 3.56. The average Bonchev–Trinajstić information content (AvgIpc) is 2.47. The molecule has 2 unspecified atom stereocenters. The normalized spacial score (nSPS) is 28.3. The first kappa shape index (κ1) is 15.5. The third-order valence-corrected chi connectivity index (χ3v) is 7.07. The zero-order valence-corrected chi connectivity index (χ0v) is 14.6. The van der Waals surface area contributed by atoms with Crippen LogP contribution in [0.15, 0.2) is 33.6 Å². The summed E-state index contributed by atoms with van der Waals surface area (Å²) in [5.74, 6) is 0. The molecule has 3 rings (SSSR count). The van der Waals surface area contributed by atoms with Crippen LogP contribution in [0.2, 0.25) is 0 Å². The SMILES string of the molecule is CC1CN2CCCCC2CN1S(=O)(=O)c1ccc(Br)cc1. The van der Waals surface area contributed by atoms with Crippen LogP contribution in [0.3, 0.4) is 0 Å². The molecule has 0 spiro atoms. The van der Waals surface area contributed by atoms with Crippen LogP contribution in [-0.2, 0) is 10.0 Å². The molecule has 2 saturated heterocycles. The molecule has 1 aromatic carbocycles. The average molecular weight is 373 g/mol. The van der Waals surface area contributed by atoms with Crippen molar-refractivity contribution in [1.29, 1.82) is 0 Å². The highest BCUT2D eigenvalue weighted by Crippen LogP contribution is 2.28. The number of benzene rings is 1. The van der Waals surface area contributed by atoms with Gasteiger partial charge < -0.3 is 0 Å². The van der Waals surface area contributed by atoms with Gasteiger partial charge in [0.2, 0.25) is 10.0 Å². The predicted molar refractivity (Wildman–Crippen MR) is 86.7 cm³/mol. The maximum atomic E-state index is 12.9. The Morgan fingerprint density at radius 2 is 1.86 bits per heavy atom. The summed E-state index contributed by atoms with van der Waals surface area (Å²) in [5.41, 5.74) is 0. The molecule has 2 aliphatic rings. The number of hydrogen-bond acceptors (Lipinski definition) is 3. The number of sulfonamides is 1. The van der Waals surface area contributed by atoms with E-state index in [1.54, 1.807) is 28.6 Å². The van der Waals surface area contributed by atoms with Gasteiger partial charge in [-0.05, 0) is 50.6 Å². The van der Waals surface area contributed by atoms with Crippen LogP contribution in [0, 0.1) is 0 Å². The van der Waals surface area contributed by atoms with E-state index in [9.17, 15) is 8.42 Å². The molecule has 0 saturated carbocycles. The molecule has 21 heavy (non-hydrogen) atoms. The molecule has 0 radical (unpaired) electrons. The quantitative estimate of drug-likeness (QED) is 0.801. The summed E-state index contributed by atoms with van der Waals surface area (Å²) in [6, 6.07) is 7.36. The number of hydrogen-bond donors (Lipinski definition) is 0. The van der Waals surface area contributed by atoms with Crippen molar-refractivity contribution in [1.82, 2.24) is 9.21 Å². The molecule has 0 aromatic heterocycles. The molecular weight excluding hydrogens is 352 g/mol. The van der Waals surface area contributed by atoms with E-state index in [2.05, 4.69) is 20.8 Å². The van der Waals surface area contributed by atoms with Gasteiger partial charge in [-0.25, -0.2) is 8.42 Å². The number of fused-ring (bicyclic) bond motifs is 1. The first-order valence-electron chi connectivity index (χ1n) is 7.50. The monoisotopic (exact) mass is 372 g/mol. The van der Waals surface area contributed by atoms with E-state index in [4.69, 9.17) is 0 Å². The minimum absolute atomic E-state index is 0.0352. The van der Waals surface area contributed by atoms with E-state index >= 15 is 0 Å². The van der Waals surface area contributed by atoms with Crippen molar-refractivity contribution in [2.75, 3.05) is 19.6 Å². The second-order valence-corrected chi connectivity index (χ2v) is 8.83. The molecular formula is C15H21BrN2O2S. The van der Waals surface area contributed by atoms with Crippen molar-refractivity contribution in [3.63, 3.8) is 0 Å². The largest absolute Gasteiger partial charge is 0.297 e. The summed E-state index contributed by atoms with van der Waals surface area (Å²) in [4.78, 5) is 2.85. The van der Waals surface area contributed by atoms with Gasteiger partial charge in [0, 0.05) is 29.6 Å². The van der Waals surface area contributed by atoms with E-state index in [0.717, 1.165) is 24.0 Å². The molecule has 6 heteroatoms. The minimum Gasteiger partial charge on any atom is -0.297 e. The summed E-state index contributed by atoms with van der Waals surface area (Å²) in [5, 5.41) is 0. The highest BCUT2D eigenvalue weighted by molar-refractivity contribution is 9.10. The third-order valence-electron chi connectivity index (χ3n) is 4.55. The Balaban J connectivity index is 1.86. The fourth-order valence-electron chi connectivity index (χ4n) is 3.40. The molecule has 2 fully saturated rings. The van der Waals surface area contributed by atoms with E-state index in [0.29, 0.717) is 17.5 Å². The fraction of sp³-hybridized carbons (Fsp3) is 0.600. The van der Waals surface area contributed by atoms with E-state index in [1.165, 1.54) is 12.8 Å². The lowest BCUT2D eigenvalue weighted by Crippen LogP contribution is -2.59. The zero-order chi connectivity index (χ0) is 15.0. The van der Waals surface area contributed by atoms with Gasteiger partial charge in [0.15, 0.2) is 0 Å². The standard InChI is InChI=1S/C15H21BrN2O2S/c1-12-10-17-9-3-2-4-14(17)11-18(12)21(19,20)15-7-5-13(16)6-8-15/h5-8,12,14H,2-4,9-11H2,1H3. The van der Waals surface area contributed by atoms with Crippen molar-refractivity contribution < 1.29 is 8.42 Å². The fourth-order valence-corrected chi connectivity index (χ4v) is 5.33. The molecule has 0 bridgehead atoms.